The molecule has 7 nitrogen and oxygen atoms in total. The second kappa shape index (κ2) is 10.6. The molecular weight excluding hydrogens is 442 g/mol. The molecule has 0 aliphatic carbocycles. The van der Waals surface area contributed by atoms with E-state index < -0.39 is 18.0 Å². The average Bonchev–Trinajstić information content (AvgIpc) is 3.09. The summed E-state index contributed by atoms with van der Waals surface area (Å²) in [6, 6.07) is 12.4. The number of ether oxygens (including phenoxy) is 2. The summed E-state index contributed by atoms with van der Waals surface area (Å²) in [5.41, 5.74) is 2.32. The van der Waals surface area contributed by atoms with Crippen LogP contribution in [0.5, 0.6) is 11.5 Å². The fourth-order valence-corrected chi connectivity index (χ4v) is 4.20. The number of rotatable bonds is 9. The lowest BCUT2D eigenvalue weighted by molar-refractivity contribution is -0.145. The van der Waals surface area contributed by atoms with Crippen LogP contribution < -0.4 is 14.4 Å². The molecule has 174 valence electrons. The Morgan fingerprint density at radius 3 is 2.36 bits per heavy atom. The molecular formula is C25H27NO6S. The molecule has 2 aromatic carbocycles. The van der Waals surface area contributed by atoms with Gasteiger partial charge < -0.3 is 14.6 Å². The number of thioether (sulfide) groups is 1. The van der Waals surface area contributed by atoms with Crippen molar-refractivity contribution < 1.29 is 29.0 Å². The number of carboxylic acids is 1. The molecule has 8 heteroatoms. The summed E-state index contributed by atoms with van der Waals surface area (Å²) in [5, 5.41) is 8.86. The van der Waals surface area contributed by atoms with Gasteiger partial charge in [-0.15, -0.1) is 0 Å². The van der Waals surface area contributed by atoms with Crippen molar-refractivity contribution in [2.45, 2.75) is 45.6 Å². The minimum Gasteiger partial charge on any atom is -0.493 e. The van der Waals surface area contributed by atoms with E-state index in [0.717, 1.165) is 23.7 Å². The van der Waals surface area contributed by atoms with Gasteiger partial charge in [-0.1, -0.05) is 39.0 Å². The second-order valence-electron chi connectivity index (χ2n) is 7.68. The van der Waals surface area contributed by atoms with Gasteiger partial charge in [0.05, 0.1) is 17.7 Å². The van der Waals surface area contributed by atoms with Crippen LogP contribution in [0.3, 0.4) is 0 Å². The van der Waals surface area contributed by atoms with Gasteiger partial charge in [-0.2, -0.15) is 0 Å². The predicted octanol–water partition coefficient (Wildman–Crippen LogP) is 5.69. The van der Waals surface area contributed by atoms with Crippen molar-refractivity contribution in [1.29, 1.82) is 0 Å². The topological polar surface area (TPSA) is 93.1 Å². The number of anilines is 1. The Balaban J connectivity index is 1.83. The number of carbonyl (C=O) groups excluding carboxylic acids is 2. The maximum atomic E-state index is 13.0. The lowest BCUT2D eigenvalue weighted by atomic mass is 9.98. The third-order valence-electron chi connectivity index (χ3n) is 5.53. The van der Waals surface area contributed by atoms with Gasteiger partial charge in [0, 0.05) is 0 Å². The lowest BCUT2D eigenvalue weighted by Crippen LogP contribution is -2.27. The van der Waals surface area contributed by atoms with Gasteiger partial charge in [-0.05, 0) is 72.0 Å². The number of imide groups is 1. The Labute approximate surface area is 197 Å². The first-order chi connectivity index (χ1) is 15.8. The van der Waals surface area contributed by atoms with Crippen LogP contribution in [0, 0.1) is 0 Å². The molecule has 2 atom stereocenters. The summed E-state index contributed by atoms with van der Waals surface area (Å²) in [5.74, 6) is -0.424. The smallest absolute Gasteiger partial charge is 0.344 e. The number of methoxy groups -OCH3 is 1. The Hall–Kier alpha value is -3.26. The molecule has 0 saturated carbocycles. The monoisotopic (exact) mass is 469 g/mol. The van der Waals surface area contributed by atoms with E-state index in [1.165, 1.54) is 12.0 Å². The molecule has 2 amide bonds. The highest BCUT2D eigenvalue weighted by Gasteiger charge is 2.36. The largest absolute Gasteiger partial charge is 0.493 e. The van der Waals surface area contributed by atoms with E-state index in [1.807, 2.05) is 12.1 Å². The van der Waals surface area contributed by atoms with Crippen LogP contribution in [0.2, 0.25) is 0 Å². The first kappa shape index (κ1) is 24.4. The molecule has 33 heavy (non-hydrogen) atoms. The second-order valence-corrected chi connectivity index (χ2v) is 8.67. The van der Waals surface area contributed by atoms with E-state index in [0.29, 0.717) is 40.0 Å². The molecule has 0 bridgehead atoms. The van der Waals surface area contributed by atoms with Crippen LogP contribution in [0.25, 0.3) is 6.08 Å². The summed E-state index contributed by atoms with van der Waals surface area (Å²) >= 11 is 0.871. The molecule has 1 aliphatic rings. The van der Waals surface area contributed by atoms with Gasteiger partial charge >= 0.3 is 5.97 Å². The molecule has 1 N–H and O–H groups in total. The van der Waals surface area contributed by atoms with Crippen LogP contribution in [-0.2, 0) is 9.59 Å². The number of aliphatic carboxylic acids is 1. The predicted molar refractivity (Wildman–Crippen MR) is 129 cm³/mol. The lowest BCUT2D eigenvalue weighted by Gasteiger charge is -2.16. The van der Waals surface area contributed by atoms with Crippen molar-refractivity contribution >= 4 is 40.6 Å². The normalized spacial score (nSPS) is 16.7. The third-order valence-corrected chi connectivity index (χ3v) is 6.40. The van der Waals surface area contributed by atoms with Crippen LogP contribution in [0.1, 0.15) is 50.7 Å². The van der Waals surface area contributed by atoms with Crippen molar-refractivity contribution in [3.63, 3.8) is 0 Å². The molecule has 0 aromatic heterocycles. The first-order valence-electron chi connectivity index (χ1n) is 10.7. The molecule has 1 heterocycles. The zero-order valence-electron chi connectivity index (χ0n) is 19.0. The van der Waals surface area contributed by atoms with E-state index in [4.69, 9.17) is 9.47 Å². The highest BCUT2D eigenvalue weighted by Crippen LogP contribution is 2.37. The van der Waals surface area contributed by atoms with Gasteiger partial charge in [0.2, 0.25) is 0 Å². The van der Waals surface area contributed by atoms with Crippen LogP contribution >= 0.6 is 11.8 Å². The van der Waals surface area contributed by atoms with E-state index in [9.17, 15) is 19.5 Å². The Morgan fingerprint density at radius 2 is 1.79 bits per heavy atom. The first-order valence-corrected chi connectivity index (χ1v) is 11.6. The number of hydrogen-bond acceptors (Lipinski definition) is 6. The fraction of sp³-hybridized carbons (Fsp3) is 0.320. The van der Waals surface area contributed by atoms with E-state index >= 15 is 0 Å². The number of carbonyl (C=O) groups is 3. The van der Waals surface area contributed by atoms with Gasteiger partial charge in [0.15, 0.2) is 17.6 Å². The number of carboxylic acid groups (broad SMARTS) is 1. The molecule has 1 saturated heterocycles. The van der Waals surface area contributed by atoms with E-state index in [2.05, 4.69) is 13.8 Å². The Kier molecular flexibility index (Phi) is 7.81. The van der Waals surface area contributed by atoms with Crippen molar-refractivity contribution in [3.8, 4) is 11.5 Å². The zero-order chi connectivity index (χ0) is 24.1. The summed E-state index contributed by atoms with van der Waals surface area (Å²) in [6.45, 7) is 5.96. The quantitative estimate of drug-likeness (QED) is 0.471. The molecule has 1 aliphatic heterocycles. The maximum absolute atomic E-state index is 13.0. The zero-order valence-corrected chi connectivity index (χ0v) is 19.8. The molecule has 3 rings (SSSR count). The average molecular weight is 470 g/mol. The van der Waals surface area contributed by atoms with Crippen molar-refractivity contribution in [2.24, 2.45) is 0 Å². The standard InChI is InChI=1S/C25H27NO6S/c1-5-15(3)17-8-10-18(11-9-17)26-23(27)22(33-25(26)30)14-16-7-12-20(21(13-16)31-4)32-19(6-2)24(28)29/h7-15,19H,5-6H2,1-4H3,(H,28,29)/b22-14+. The number of hydrogen-bond donors (Lipinski definition) is 1. The van der Waals surface area contributed by atoms with Gasteiger partial charge in [-0.3, -0.25) is 9.59 Å². The van der Waals surface area contributed by atoms with Crippen molar-refractivity contribution in [3.05, 3.63) is 58.5 Å². The number of nitrogens with zero attached hydrogens (tertiary/aromatic N) is 1. The van der Waals surface area contributed by atoms with Crippen molar-refractivity contribution in [2.75, 3.05) is 12.0 Å². The maximum Gasteiger partial charge on any atom is 0.344 e. The van der Waals surface area contributed by atoms with Crippen molar-refractivity contribution in [1.82, 2.24) is 0 Å². The van der Waals surface area contributed by atoms with Crippen LogP contribution in [0.15, 0.2) is 47.4 Å². The summed E-state index contributed by atoms with van der Waals surface area (Å²) in [4.78, 5) is 38.3. The van der Waals surface area contributed by atoms with Crippen LogP contribution in [0.4, 0.5) is 10.5 Å². The summed E-state index contributed by atoms with van der Waals surface area (Å²) in [6.07, 6.45) is 1.92. The minimum absolute atomic E-state index is 0.290. The van der Waals surface area contributed by atoms with Gasteiger partial charge in [-0.25, -0.2) is 9.69 Å². The van der Waals surface area contributed by atoms with Crippen LogP contribution in [-0.4, -0.2) is 35.4 Å². The molecule has 1 fully saturated rings. The molecule has 2 aromatic rings. The highest BCUT2D eigenvalue weighted by molar-refractivity contribution is 8.19. The number of amides is 2. The fourth-order valence-electron chi connectivity index (χ4n) is 3.36. The summed E-state index contributed by atoms with van der Waals surface area (Å²) < 4.78 is 10.9. The Morgan fingerprint density at radius 1 is 1.09 bits per heavy atom. The molecule has 2 unspecified atom stereocenters. The van der Waals surface area contributed by atoms with E-state index in [-0.39, 0.29) is 5.24 Å². The minimum atomic E-state index is -1.06. The third kappa shape index (κ3) is 5.39. The van der Waals surface area contributed by atoms with Gasteiger partial charge in [0.25, 0.3) is 11.1 Å². The SMILES string of the molecule is CCC(Oc1ccc(/C=C2/SC(=O)N(c3ccc(C(C)CC)cc3)C2=O)cc1OC)C(=O)O. The highest BCUT2D eigenvalue weighted by atomic mass is 32.2. The summed E-state index contributed by atoms with van der Waals surface area (Å²) in [7, 11) is 1.45. The molecule has 0 spiro atoms. The Bertz CT molecular complexity index is 1080. The number of benzene rings is 2. The van der Waals surface area contributed by atoms with E-state index in [1.54, 1.807) is 43.3 Å². The molecule has 0 radical (unpaired) electrons. The van der Waals surface area contributed by atoms with Gasteiger partial charge in [0.1, 0.15) is 0 Å².